The number of aryl methyl sites for hydroxylation is 3. The quantitative estimate of drug-likeness (QED) is 0.748. The molecule has 0 aliphatic rings. The number of methoxy groups -OCH3 is 1. The molecule has 25 heavy (non-hydrogen) atoms. The van der Waals surface area contributed by atoms with Gasteiger partial charge in [0.1, 0.15) is 5.75 Å². The smallest absolute Gasteiger partial charge is 0.224 e. The largest absolute Gasteiger partial charge is 0.495 e. The number of amides is 1. The molecule has 2 aromatic rings. The third-order valence-corrected chi connectivity index (χ3v) is 4.43. The molecule has 5 heteroatoms. The van der Waals surface area contributed by atoms with Crippen LogP contribution in [0.3, 0.4) is 0 Å². The summed E-state index contributed by atoms with van der Waals surface area (Å²) in [5, 5.41) is 3.36. The Hall–Kier alpha value is -2.33. The van der Waals surface area contributed by atoms with Crippen LogP contribution >= 0.6 is 11.6 Å². The third kappa shape index (κ3) is 4.83. The van der Waals surface area contributed by atoms with Crippen molar-refractivity contribution < 1.29 is 14.3 Å². The lowest BCUT2D eigenvalue weighted by Crippen LogP contribution is -2.14. The first kappa shape index (κ1) is 19.0. The first-order chi connectivity index (χ1) is 11.8. The number of ketones is 1. The van der Waals surface area contributed by atoms with Gasteiger partial charge in [0.2, 0.25) is 5.91 Å². The number of Topliss-reactive ketones (excluding diaryl/α,β-unsaturated/α-hetero) is 1. The minimum absolute atomic E-state index is 0.0319. The van der Waals surface area contributed by atoms with Crippen molar-refractivity contribution in [3.63, 3.8) is 0 Å². The van der Waals surface area contributed by atoms with Gasteiger partial charge in [-0.15, -0.1) is 0 Å². The molecule has 0 aliphatic heterocycles. The zero-order valence-corrected chi connectivity index (χ0v) is 15.7. The lowest BCUT2D eigenvalue weighted by molar-refractivity contribution is -0.116. The van der Waals surface area contributed by atoms with Gasteiger partial charge in [-0.3, -0.25) is 9.59 Å². The van der Waals surface area contributed by atoms with Crippen LogP contribution in [0, 0.1) is 20.8 Å². The molecular formula is C20H22ClNO3. The highest BCUT2D eigenvalue weighted by Gasteiger charge is 2.14. The molecule has 0 unspecified atom stereocenters. The lowest BCUT2D eigenvalue weighted by Gasteiger charge is -2.12. The molecule has 0 bridgehead atoms. The van der Waals surface area contributed by atoms with Crippen LogP contribution in [-0.2, 0) is 4.79 Å². The summed E-state index contributed by atoms with van der Waals surface area (Å²) in [5.41, 5.74) is 4.01. The van der Waals surface area contributed by atoms with E-state index >= 15 is 0 Å². The van der Waals surface area contributed by atoms with E-state index in [1.807, 2.05) is 39.0 Å². The van der Waals surface area contributed by atoms with Crippen LogP contribution < -0.4 is 10.1 Å². The summed E-state index contributed by atoms with van der Waals surface area (Å²) < 4.78 is 5.24. The summed E-state index contributed by atoms with van der Waals surface area (Å²) in [5.74, 6) is 0.221. The molecule has 2 aromatic carbocycles. The van der Waals surface area contributed by atoms with Crippen molar-refractivity contribution in [3.05, 3.63) is 57.6 Å². The molecule has 0 aliphatic carbocycles. The second kappa shape index (κ2) is 8.17. The number of halogens is 1. The van der Waals surface area contributed by atoms with Gasteiger partial charge in [0, 0.05) is 29.5 Å². The van der Waals surface area contributed by atoms with Crippen LogP contribution in [0.4, 0.5) is 5.69 Å². The van der Waals surface area contributed by atoms with Crippen LogP contribution in [0.15, 0.2) is 30.3 Å². The SMILES string of the molecule is COc1cc(Cl)c(C)cc1NC(=O)CCC(=O)c1cc(C)ccc1C. The van der Waals surface area contributed by atoms with Crippen molar-refractivity contribution >= 4 is 29.0 Å². The van der Waals surface area contributed by atoms with Crippen LogP contribution in [0.2, 0.25) is 5.02 Å². The Labute approximate surface area is 153 Å². The molecule has 0 saturated heterocycles. The molecular weight excluding hydrogens is 338 g/mol. The summed E-state index contributed by atoms with van der Waals surface area (Å²) in [6.07, 6.45) is 0.266. The Morgan fingerprint density at radius 1 is 1.04 bits per heavy atom. The number of benzene rings is 2. The lowest BCUT2D eigenvalue weighted by atomic mass is 9.99. The van der Waals surface area contributed by atoms with Crippen molar-refractivity contribution in [1.29, 1.82) is 0 Å². The zero-order valence-electron chi connectivity index (χ0n) is 14.9. The van der Waals surface area contributed by atoms with E-state index in [1.54, 1.807) is 12.1 Å². The summed E-state index contributed by atoms with van der Waals surface area (Å²) in [6.45, 7) is 5.69. The molecule has 0 atom stereocenters. The first-order valence-corrected chi connectivity index (χ1v) is 8.44. The molecule has 4 nitrogen and oxygen atoms in total. The number of carbonyl (C=O) groups excluding carboxylic acids is 2. The van der Waals surface area contributed by atoms with Gasteiger partial charge in [0.15, 0.2) is 5.78 Å². The molecule has 0 spiro atoms. The van der Waals surface area contributed by atoms with E-state index < -0.39 is 0 Å². The molecule has 0 saturated carbocycles. The van der Waals surface area contributed by atoms with E-state index in [4.69, 9.17) is 16.3 Å². The average Bonchev–Trinajstić information content (AvgIpc) is 2.57. The van der Waals surface area contributed by atoms with Gasteiger partial charge < -0.3 is 10.1 Å². The van der Waals surface area contributed by atoms with Gasteiger partial charge in [0.25, 0.3) is 0 Å². The molecule has 2 rings (SSSR count). The van der Waals surface area contributed by atoms with Gasteiger partial charge in [-0.05, 0) is 44.0 Å². The number of hydrogen-bond donors (Lipinski definition) is 1. The van der Waals surface area contributed by atoms with Crippen molar-refractivity contribution in [3.8, 4) is 5.75 Å². The maximum atomic E-state index is 12.4. The second-order valence-corrected chi connectivity index (χ2v) is 6.50. The van der Waals surface area contributed by atoms with Crippen LogP contribution in [0.5, 0.6) is 5.75 Å². The van der Waals surface area contributed by atoms with Gasteiger partial charge in [-0.25, -0.2) is 0 Å². The fraction of sp³-hybridized carbons (Fsp3) is 0.300. The molecule has 0 aromatic heterocycles. The Morgan fingerprint density at radius 2 is 1.76 bits per heavy atom. The number of carbonyl (C=O) groups is 2. The standard InChI is InChI=1S/C20H22ClNO3/c1-12-5-6-13(2)15(9-12)18(23)7-8-20(24)22-17-10-14(3)16(21)11-19(17)25-4/h5-6,9-11H,7-8H2,1-4H3,(H,22,24). The number of hydrogen-bond acceptors (Lipinski definition) is 3. The molecule has 1 N–H and O–H groups in total. The van der Waals surface area contributed by atoms with Crippen molar-refractivity contribution in [2.24, 2.45) is 0 Å². The summed E-state index contributed by atoms with van der Waals surface area (Å²) >= 11 is 6.06. The molecule has 1 amide bonds. The normalized spacial score (nSPS) is 10.4. The van der Waals surface area contributed by atoms with Gasteiger partial charge >= 0.3 is 0 Å². The van der Waals surface area contributed by atoms with Gasteiger partial charge in [0.05, 0.1) is 12.8 Å². The Morgan fingerprint density at radius 3 is 2.44 bits per heavy atom. The monoisotopic (exact) mass is 359 g/mol. The number of rotatable bonds is 6. The van der Waals surface area contributed by atoms with Gasteiger partial charge in [-0.2, -0.15) is 0 Å². The summed E-state index contributed by atoms with van der Waals surface area (Å²) in [6, 6.07) is 9.17. The summed E-state index contributed by atoms with van der Waals surface area (Å²) in [4.78, 5) is 24.6. The fourth-order valence-electron chi connectivity index (χ4n) is 2.54. The van der Waals surface area contributed by atoms with E-state index in [2.05, 4.69) is 5.32 Å². The van der Waals surface area contributed by atoms with Gasteiger partial charge in [-0.1, -0.05) is 29.3 Å². The highest BCUT2D eigenvalue weighted by atomic mass is 35.5. The number of anilines is 1. The fourth-order valence-corrected chi connectivity index (χ4v) is 2.69. The second-order valence-electron chi connectivity index (χ2n) is 6.09. The Bertz CT molecular complexity index is 815. The minimum Gasteiger partial charge on any atom is -0.495 e. The highest BCUT2D eigenvalue weighted by molar-refractivity contribution is 6.31. The number of ether oxygens (including phenoxy) is 1. The van der Waals surface area contributed by atoms with Crippen molar-refractivity contribution in [1.82, 2.24) is 0 Å². The maximum Gasteiger partial charge on any atom is 0.224 e. The van der Waals surface area contributed by atoms with E-state index in [0.29, 0.717) is 22.0 Å². The maximum absolute atomic E-state index is 12.4. The average molecular weight is 360 g/mol. The first-order valence-electron chi connectivity index (χ1n) is 8.06. The Kier molecular flexibility index (Phi) is 6.21. The Balaban J connectivity index is 2.03. The highest BCUT2D eigenvalue weighted by Crippen LogP contribution is 2.31. The van der Waals surface area contributed by atoms with Crippen LogP contribution in [-0.4, -0.2) is 18.8 Å². The summed E-state index contributed by atoms with van der Waals surface area (Å²) in [7, 11) is 1.51. The zero-order chi connectivity index (χ0) is 18.6. The van der Waals surface area contributed by atoms with E-state index in [-0.39, 0.29) is 24.5 Å². The van der Waals surface area contributed by atoms with Crippen LogP contribution in [0.1, 0.15) is 39.9 Å². The van der Waals surface area contributed by atoms with Crippen LogP contribution in [0.25, 0.3) is 0 Å². The van der Waals surface area contributed by atoms with E-state index in [1.165, 1.54) is 7.11 Å². The number of nitrogens with one attached hydrogen (secondary N) is 1. The van der Waals surface area contributed by atoms with E-state index in [9.17, 15) is 9.59 Å². The van der Waals surface area contributed by atoms with Crippen molar-refractivity contribution in [2.45, 2.75) is 33.6 Å². The topological polar surface area (TPSA) is 55.4 Å². The third-order valence-electron chi connectivity index (χ3n) is 4.03. The molecule has 0 fully saturated rings. The van der Waals surface area contributed by atoms with E-state index in [0.717, 1.165) is 16.7 Å². The predicted octanol–water partition coefficient (Wildman–Crippen LogP) is 4.88. The predicted molar refractivity (Wildman–Crippen MR) is 101 cm³/mol. The molecule has 0 heterocycles. The minimum atomic E-state index is -0.237. The molecule has 0 radical (unpaired) electrons. The molecule has 132 valence electrons. The van der Waals surface area contributed by atoms with Crippen molar-refractivity contribution in [2.75, 3.05) is 12.4 Å².